The fraction of sp³-hybridized carbons (Fsp3) is 0.516. The number of carbonyl (C=O) groups excluding carboxylic acids is 1. The van der Waals surface area contributed by atoms with Crippen molar-refractivity contribution in [1.29, 1.82) is 0 Å². The second kappa shape index (κ2) is 12.6. The minimum Gasteiger partial charge on any atom is -0.496 e. The van der Waals surface area contributed by atoms with Crippen LogP contribution in [0.2, 0.25) is 0 Å². The van der Waals surface area contributed by atoms with Crippen molar-refractivity contribution in [3.63, 3.8) is 0 Å². The normalized spacial score (nSPS) is 14.9. The van der Waals surface area contributed by atoms with E-state index in [1.165, 1.54) is 58.4 Å². The molecule has 1 aromatic carbocycles. The number of thiophene rings is 1. The van der Waals surface area contributed by atoms with E-state index in [1.54, 1.807) is 25.7 Å². The van der Waals surface area contributed by atoms with Crippen LogP contribution < -0.4 is 16.0 Å². The van der Waals surface area contributed by atoms with Gasteiger partial charge in [-0.3, -0.25) is 14.2 Å². The zero-order chi connectivity index (χ0) is 31.8. The summed E-state index contributed by atoms with van der Waals surface area (Å²) >= 11 is 1.20. The van der Waals surface area contributed by atoms with Gasteiger partial charge in [0.2, 0.25) is 5.91 Å². The molecule has 1 saturated heterocycles. The molecular weight excluding hydrogens is 587 g/mol. The first-order chi connectivity index (χ1) is 20.9. The van der Waals surface area contributed by atoms with Crippen LogP contribution in [0.3, 0.4) is 0 Å². The Morgan fingerprint density at radius 2 is 1.80 bits per heavy atom. The van der Waals surface area contributed by atoms with Crippen molar-refractivity contribution in [2.45, 2.75) is 72.1 Å². The average molecular weight is 627 g/mol. The molecular formula is C31H39FN6O5S. The summed E-state index contributed by atoms with van der Waals surface area (Å²) in [7, 11) is 1.49. The minimum absolute atomic E-state index is 0.0674. The molecule has 0 saturated carbocycles. The molecule has 0 aliphatic carbocycles. The first-order valence-electron chi connectivity index (χ1n) is 14.9. The van der Waals surface area contributed by atoms with Crippen LogP contribution in [0.4, 0.5) is 4.39 Å². The second-order valence-corrected chi connectivity index (χ2v) is 13.1. The fourth-order valence-corrected chi connectivity index (χ4v) is 6.97. The number of hydrogen-bond donors (Lipinski definition) is 0. The van der Waals surface area contributed by atoms with Gasteiger partial charge in [0.05, 0.1) is 31.4 Å². The highest BCUT2D eigenvalue weighted by Gasteiger charge is 2.39. The monoisotopic (exact) mass is 626 g/mol. The lowest BCUT2D eigenvalue weighted by Gasteiger charge is -2.35. The van der Waals surface area contributed by atoms with Crippen LogP contribution in [0.1, 0.15) is 64.2 Å². The van der Waals surface area contributed by atoms with Crippen molar-refractivity contribution in [2.75, 3.05) is 26.8 Å². The highest BCUT2D eigenvalue weighted by atomic mass is 32.1. The predicted molar refractivity (Wildman–Crippen MR) is 166 cm³/mol. The van der Waals surface area contributed by atoms with Gasteiger partial charge in [-0.2, -0.15) is 10.2 Å². The Morgan fingerprint density at radius 3 is 2.43 bits per heavy atom. The van der Waals surface area contributed by atoms with E-state index in [-0.39, 0.29) is 23.8 Å². The van der Waals surface area contributed by atoms with E-state index in [2.05, 4.69) is 10.2 Å². The summed E-state index contributed by atoms with van der Waals surface area (Å²) in [6, 6.07) is 4.16. The van der Waals surface area contributed by atoms with Crippen LogP contribution in [0.5, 0.6) is 5.75 Å². The molecule has 0 bridgehead atoms. The number of nitrogens with zero attached hydrogens (tertiary/aromatic N) is 6. The van der Waals surface area contributed by atoms with Crippen LogP contribution in [0, 0.1) is 18.7 Å². The van der Waals surface area contributed by atoms with E-state index in [9.17, 15) is 18.8 Å². The Kier molecular flexibility index (Phi) is 9.07. The number of ether oxygens (including phenoxy) is 2. The maximum absolute atomic E-state index is 14.6. The van der Waals surface area contributed by atoms with Gasteiger partial charge in [-0.05, 0) is 64.2 Å². The number of amides is 1. The largest absolute Gasteiger partial charge is 0.496 e. The lowest BCUT2D eigenvalue weighted by Crippen LogP contribution is -2.57. The first kappa shape index (κ1) is 31.6. The van der Waals surface area contributed by atoms with Crippen LogP contribution in [0.15, 0.2) is 40.2 Å². The Hall–Kier alpha value is -3.84. The van der Waals surface area contributed by atoms with Gasteiger partial charge in [-0.15, -0.1) is 4.80 Å². The van der Waals surface area contributed by atoms with Crippen molar-refractivity contribution in [2.24, 2.45) is 5.92 Å². The molecule has 5 rings (SSSR count). The second-order valence-electron chi connectivity index (χ2n) is 12.1. The SMILES string of the molecule is COc1ccc(F)cc1[C@H](Cn1c(=O)n(C(C)(C)C(=O)N2CCCCC2)c(=O)c2c(C)c(-n3nccn3)sc21)OCC(C)C. The van der Waals surface area contributed by atoms with Gasteiger partial charge in [0.1, 0.15) is 33.0 Å². The molecule has 11 nitrogen and oxygen atoms in total. The van der Waals surface area contributed by atoms with Crippen molar-refractivity contribution >= 4 is 27.5 Å². The standard InChI is InChI=1S/C31H39FN6O5S/c1-19(2)18-43-24(22-16-21(32)10-11-23(22)42-6)17-36-28-25(20(3)27(44-28)38-33-12-13-34-38)26(39)37(30(36)41)31(4,5)29(40)35-14-8-7-9-15-35/h10-13,16,19,24H,7-9,14-15,17-18H2,1-6H3/t24-/m0/s1. The van der Waals surface area contributed by atoms with Crippen LogP contribution >= 0.6 is 11.3 Å². The average Bonchev–Trinajstić information content (AvgIpc) is 3.65. The zero-order valence-electron chi connectivity index (χ0n) is 26.0. The molecule has 44 heavy (non-hydrogen) atoms. The number of hydrogen-bond acceptors (Lipinski definition) is 8. The molecule has 0 spiro atoms. The Morgan fingerprint density at radius 1 is 1.11 bits per heavy atom. The molecule has 13 heteroatoms. The zero-order valence-corrected chi connectivity index (χ0v) is 26.8. The summed E-state index contributed by atoms with van der Waals surface area (Å²) in [4.78, 5) is 46.3. The summed E-state index contributed by atoms with van der Waals surface area (Å²) < 4.78 is 29.0. The Labute approximate surface area is 258 Å². The highest BCUT2D eigenvalue weighted by molar-refractivity contribution is 7.21. The third kappa shape index (κ3) is 5.82. The number of likely N-dealkylation sites (tertiary alicyclic amines) is 1. The summed E-state index contributed by atoms with van der Waals surface area (Å²) in [6.07, 6.45) is 5.01. The minimum atomic E-state index is -1.48. The Balaban J connectivity index is 1.76. The molecule has 1 amide bonds. The number of piperidine rings is 1. The van der Waals surface area contributed by atoms with Crippen LogP contribution in [-0.4, -0.2) is 61.7 Å². The summed E-state index contributed by atoms with van der Waals surface area (Å²) in [5.74, 6) is -0.218. The van der Waals surface area contributed by atoms with Crippen molar-refractivity contribution < 1.29 is 18.7 Å². The maximum atomic E-state index is 14.6. The number of aryl methyl sites for hydroxylation is 1. The van der Waals surface area contributed by atoms with Crippen molar-refractivity contribution in [3.05, 3.63) is 68.4 Å². The van der Waals surface area contributed by atoms with Gasteiger partial charge in [0, 0.05) is 30.8 Å². The summed E-state index contributed by atoms with van der Waals surface area (Å²) in [6.45, 7) is 10.4. The van der Waals surface area contributed by atoms with Gasteiger partial charge in [0.25, 0.3) is 5.56 Å². The number of fused-ring (bicyclic) bond motifs is 1. The van der Waals surface area contributed by atoms with E-state index >= 15 is 0 Å². The number of methoxy groups -OCH3 is 1. The van der Waals surface area contributed by atoms with Gasteiger partial charge >= 0.3 is 5.69 Å². The van der Waals surface area contributed by atoms with E-state index in [4.69, 9.17) is 9.47 Å². The molecule has 1 aliphatic rings. The molecule has 4 aromatic rings. The number of aromatic nitrogens is 5. The summed E-state index contributed by atoms with van der Waals surface area (Å²) in [5.41, 5.74) is -1.70. The predicted octanol–water partition coefficient (Wildman–Crippen LogP) is 4.42. The van der Waals surface area contributed by atoms with Gasteiger partial charge in [-0.1, -0.05) is 25.2 Å². The molecule has 236 valence electrons. The third-order valence-electron chi connectivity index (χ3n) is 8.03. The quantitative estimate of drug-likeness (QED) is 0.256. The van der Waals surface area contributed by atoms with Crippen molar-refractivity contribution in [1.82, 2.24) is 29.0 Å². The lowest BCUT2D eigenvalue weighted by molar-refractivity contribution is -0.140. The van der Waals surface area contributed by atoms with Crippen molar-refractivity contribution in [3.8, 4) is 10.8 Å². The topological polar surface area (TPSA) is 113 Å². The first-order valence-corrected chi connectivity index (χ1v) is 15.7. The molecule has 3 aromatic heterocycles. The molecule has 0 N–H and O–H groups in total. The lowest BCUT2D eigenvalue weighted by atomic mass is 10.00. The molecule has 4 heterocycles. The maximum Gasteiger partial charge on any atom is 0.333 e. The third-order valence-corrected chi connectivity index (χ3v) is 9.31. The van der Waals surface area contributed by atoms with Crippen LogP contribution in [-0.2, 0) is 21.6 Å². The van der Waals surface area contributed by atoms with E-state index < -0.39 is 28.7 Å². The van der Waals surface area contributed by atoms with Gasteiger partial charge < -0.3 is 14.4 Å². The molecule has 0 unspecified atom stereocenters. The highest BCUT2D eigenvalue weighted by Crippen LogP contribution is 2.34. The van der Waals surface area contributed by atoms with Gasteiger partial charge in [0.15, 0.2) is 0 Å². The number of rotatable bonds is 10. The molecule has 1 aliphatic heterocycles. The molecule has 1 fully saturated rings. The van der Waals surface area contributed by atoms with E-state index in [0.717, 1.165) is 23.8 Å². The van der Waals surface area contributed by atoms with Gasteiger partial charge in [-0.25, -0.2) is 13.8 Å². The summed E-state index contributed by atoms with van der Waals surface area (Å²) in [5, 5.41) is 9.35. The Bertz CT molecular complexity index is 1770. The molecule has 1 atom stereocenters. The van der Waals surface area contributed by atoms with E-state index in [1.807, 2.05) is 13.8 Å². The fourth-order valence-electron chi connectivity index (χ4n) is 5.75. The number of carbonyl (C=O) groups is 1. The molecule has 0 radical (unpaired) electrons. The van der Waals surface area contributed by atoms with Crippen LogP contribution in [0.25, 0.3) is 15.2 Å². The number of halogens is 1. The smallest absolute Gasteiger partial charge is 0.333 e. The van der Waals surface area contributed by atoms with E-state index in [0.29, 0.717) is 46.4 Å². The number of benzene rings is 1.